The Morgan fingerprint density at radius 2 is 2.00 bits per heavy atom. The molecule has 2 bridgehead atoms. The average molecular weight is 462 g/mol. The zero-order chi connectivity index (χ0) is 23.4. The summed E-state index contributed by atoms with van der Waals surface area (Å²) in [6.45, 7) is -0.505. The third-order valence-electron chi connectivity index (χ3n) is 7.01. The molecule has 2 fully saturated rings. The van der Waals surface area contributed by atoms with Gasteiger partial charge in [0.25, 0.3) is 0 Å². The number of anilines is 1. The summed E-state index contributed by atoms with van der Waals surface area (Å²) in [5.74, 6) is -0.432. The Kier molecular flexibility index (Phi) is 4.80. The molecule has 4 N–H and O–H groups in total. The number of nitrogens with one attached hydrogen (secondary N) is 1. The van der Waals surface area contributed by atoms with Crippen LogP contribution in [0.15, 0.2) is 36.9 Å². The van der Waals surface area contributed by atoms with E-state index >= 15 is 4.39 Å². The Hall–Kier alpha value is -3.86. The van der Waals surface area contributed by atoms with E-state index < -0.39 is 12.4 Å². The summed E-state index contributed by atoms with van der Waals surface area (Å²) >= 11 is 0. The molecule has 11 heteroatoms. The first-order valence-electron chi connectivity index (χ1n) is 11.3. The molecule has 3 atom stereocenters. The number of aliphatic hydroxyl groups excluding tert-OH is 1. The fraction of sp³-hybridized carbons (Fsp3) is 0.348. The fourth-order valence-electron chi connectivity index (χ4n) is 5.48. The number of halogens is 1. The number of carbonyl (C=O) groups excluding carboxylic acids is 1. The van der Waals surface area contributed by atoms with Crippen LogP contribution in [0.25, 0.3) is 28.3 Å². The zero-order valence-electron chi connectivity index (χ0n) is 18.2. The van der Waals surface area contributed by atoms with E-state index in [1.54, 1.807) is 29.7 Å². The molecule has 6 heterocycles. The molecule has 0 spiro atoms. The van der Waals surface area contributed by atoms with E-state index in [0.29, 0.717) is 41.3 Å². The van der Waals surface area contributed by atoms with E-state index in [1.165, 1.54) is 4.52 Å². The Balaban J connectivity index is 1.37. The van der Waals surface area contributed by atoms with E-state index in [9.17, 15) is 9.90 Å². The van der Waals surface area contributed by atoms with Crippen LogP contribution in [0, 0.1) is 5.82 Å². The molecule has 34 heavy (non-hydrogen) atoms. The van der Waals surface area contributed by atoms with Crippen LogP contribution in [-0.4, -0.2) is 64.2 Å². The van der Waals surface area contributed by atoms with Gasteiger partial charge in [-0.2, -0.15) is 9.61 Å². The molecule has 2 aliphatic rings. The highest BCUT2D eigenvalue weighted by molar-refractivity contribution is 5.79. The Bertz CT molecular complexity index is 1350. The summed E-state index contributed by atoms with van der Waals surface area (Å²) in [5.41, 5.74) is 9.08. The van der Waals surface area contributed by atoms with Crippen LogP contribution in [0.4, 0.5) is 10.2 Å². The van der Waals surface area contributed by atoms with Crippen LogP contribution in [0.5, 0.6) is 0 Å². The van der Waals surface area contributed by atoms with E-state index in [1.807, 2.05) is 12.1 Å². The molecule has 0 saturated carbocycles. The lowest BCUT2D eigenvalue weighted by atomic mass is 9.87. The van der Waals surface area contributed by atoms with Gasteiger partial charge < -0.3 is 20.7 Å². The van der Waals surface area contributed by atoms with Crippen LogP contribution in [-0.2, 0) is 4.79 Å². The minimum Gasteiger partial charge on any atom is -0.387 e. The molecule has 174 valence electrons. The van der Waals surface area contributed by atoms with E-state index in [0.717, 1.165) is 18.4 Å². The Labute approximate surface area is 193 Å². The molecule has 6 rings (SSSR count). The molecule has 2 aliphatic heterocycles. The molecule has 0 unspecified atom stereocenters. The highest BCUT2D eigenvalue weighted by atomic mass is 19.1. The quantitative estimate of drug-likeness (QED) is 0.422. The standard InChI is InChI=1S/C23H23FN8O2/c24-19-20(13-7-14-2-3-15(8-13)31(14)18(34)11-33)30-23-16(10-29-32(23)21(19)25)12-1-4-17(28-9-12)22-26-5-6-27-22/h1,4-6,9-10,13-15,33H,2-3,7-8,11,25H2,(H,26,27)/t13-,14-,15+. The first kappa shape index (κ1) is 20.7. The van der Waals surface area contributed by atoms with Crippen molar-refractivity contribution in [3.63, 3.8) is 0 Å². The number of amides is 1. The van der Waals surface area contributed by atoms with Gasteiger partial charge in [-0.1, -0.05) is 6.07 Å². The number of H-pyrrole nitrogens is 1. The minimum absolute atomic E-state index is 0.0234. The predicted octanol–water partition coefficient (Wildman–Crippen LogP) is 2.13. The molecular formula is C23H23FN8O2. The monoisotopic (exact) mass is 462 g/mol. The molecule has 2 saturated heterocycles. The second-order valence-electron chi connectivity index (χ2n) is 8.87. The van der Waals surface area contributed by atoms with Crippen molar-refractivity contribution in [2.75, 3.05) is 12.3 Å². The maximum Gasteiger partial charge on any atom is 0.248 e. The summed E-state index contributed by atoms with van der Waals surface area (Å²) in [4.78, 5) is 30.4. The van der Waals surface area contributed by atoms with E-state index in [4.69, 9.17) is 10.7 Å². The van der Waals surface area contributed by atoms with Crippen molar-refractivity contribution in [3.05, 3.63) is 48.4 Å². The van der Waals surface area contributed by atoms with E-state index in [2.05, 4.69) is 20.1 Å². The molecule has 4 aromatic heterocycles. The van der Waals surface area contributed by atoms with Crippen LogP contribution in [0.1, 0.15) is 37.3 Å². The first-order valence-corrected chi connectivity index (χ1v) is 11.3. The van der Waals surface area contributed by atoms with Crippen LogP contribution in [0.3, 0.4) is 0 Å². The molecule has 0 aliphatic carbocycles. The smallest absolute Gasteiger partial charge is 0.248 e. The van der Waals surface area contributed by atoms with Crippen molar-refractivity contribution < 1.29 is 14.3 Å². The number of rotatable bonds is 4. The maximum atomic E-state index is 15.3. The molecular weight excluding hydrogens is 439 g/mol. The van der Waals surface area contributed by atoms with Crippen molar-refractivity contribution in [2.24, 2.45) is 0 Å². The number of carbonyl (C=O) groups is 1. The van der Waals surface area contributed by atoms with Gasteiger partial charge in [-0.05, 0) is 31.7 Å². The van der Waals surface area contributed by atoms with Crippen molar-refractivity contribution in [1.82, 2.24) is 34.4 Å². The number of nitrogens with zero attached hydrogens (tertiary/aromatic N) is 6. The van der Waals surface area contributed by atoms with Gasteiger partial charge in [0.2, 0.25) is 5.91 Å². The predicted molar refractivity (Wildman–Crippen MR) is 121 cm³/mol. The number of fused-ring (bicyclic) bond motifs is 3. The van der Waals surface area contributed by atoms with Gasteiger partial charge in [-0.25, -0.2) is 14.4 Å². The third kappa shape index (κ3) is 3.15. The summed E-state index contributed by atoms with van der Waals surface area (Å²) < 4.78 is 16.7. The summed E-state index contributed by atoms with van der Waals surface area (Å²) in [7, 11) is 0. The zero-order valence-corrected chi connectivity index (χ0v) is 18.2. The second-order valence-corrected chi connectivity index (χ2v) is 8.87. The number of aromatic nitrogens is 6. The van der Waals surface area contributed by atoms with Crippen LogP contribution >= 0.6 is 0 Å². The largest absolute Gasteiger partial charge is 0.387 e. The van der Waals surface area contributed by atoms with Crippen molar-refractivity contribution in [1.29, 1.82) is 0 Å². The second kappa shape index (κ2) is 7.87. The third-order valence-corrected chi connectivity index (χ3v) is 7.01. The maximum absolute atomic E-state index is 15.3. The van der Waals surface area contributed by atoms with Crippen LogP contribution < -0.4 is 5.73 Å². The fourth-order valence-corrected chi connectivity index (χ4v) is 5.48. The number of piperidine rings is 1. The van der Waals surface area contributed by atoms with Crippen molar-refractivity contribution >= 4 is 17.4 Å². The lowest BCUT2D eigenvalue weighted by molar-refractivity contribution is -0.138. The normalized spacial score (nSPS) is 21.9. The molecule has 0 aromatic carbocycles. The number of hydrogen-bond donors (Lipinski definition) is 3. The van der Waals surface area contributed by atoms with Gasteiger partial charge >= 0.3 is 0 Å². The molecule has 10 nitrogen and oxygen atoms in total. The average Bonchev–Trinajstić information content (AvgIpc) is 3.59. The number of nitrogens with two attached hydrogens (primary N) is 1. The summed E-state index contributed by atoms with van der Waals surface area (Å²) in [6, 6.07) is 3.69. The summed E-state index contributed by atoms with van der Waals surface area (Å²) in [5, 5.41) is 13.6. The van der Waals surface area contributed by atoms with Gasteiger partial charge in [0.05, 0.1) is 11.9 Å². The number of aromatic amines is 1. The highest BCUT2D eigenvalue weighted by Crippen LogP contribution is 2.44. The Morgan fingerprint density at radius 1 is 1.21 bits per heavy atom. The van der Waals surface area contributed by atoms with E-state index in [-0.39, 0.29) is 29.7 Å². The minimum atomic E-state index is -0.570. The number of imidazole rings is 1. The van der Waals surface area contributed by atoms with Gasteiger partial charge in [-0.15, -0.1) is 0 Å². The molecule has 0 radical (unpaired) electrons. The van der Waals surface area contributed by atoms with Crippen molar-refractivity contribution in [2.45, 2.75) is 43.7 Å². The number of hydrogen-bond acceptors (Lipinski definition) is 7. The van der Waals surface area contributed by atoms with Gasteiger partial charge in [0, 0.05) is 47.7 Å². The number of aliphatic hydroxyl groups is 1. The lowest BCUT2D eigenvalue weighted by Crippen LogP contribution is -2.47. The van der Waals surface area contributed by atoms with Crippen molar-refractivity contribution in [3.8, 4) is 22.6 Å². The Morgan fingerprint density at radius 3 is 2.65 bits per heavy atom. The van der Waals surface area contributed by atoms with Gasteiger partial charge in [-0.3, -0.25) is 9.78 Å². The number of nitrogen functional groups attached to an aromatic ring is 1. The SMILES string of the molecule is Nc1c(F)c([C@@H]2C[C@H]3CC[C@@H](C2)N3C(=O)CO)nc2c(-c3ccc(-c4ncc[nH]4)nc3)cnn12. The van der Waals surface area contributed by atoms with Gasteiger partial charge in [0.15, 0.2) is 23.1 Å². The van der Waals surface area contributed by atoms with Gasteiger partial charge in [0.1, 0.15) is 12.3 Å². The molecule has 1 amide bonds. The molecule has 4 aromatic rings. The topological polar surface area (TPSA) is 138 Å². The summed E-state index contributed by atoms with van der Waals surface area (Å²) in [6.07, 6.45) is 9.57. The highest BCUT2D eigenvalue weighted by Gasteiger charge is 2.44. The van der Waals surface area contributed by atoms with Crippen LogP contribution in [0.2, 0.25) is 0 Å². The lowest BCUT2D eigenvalue weighted by Gasteiger charge is -2.38. The number of pyridine rings is 1. The first-order chi connectivity index (χ1) is 16.5.